The number of anilines is 2. The van der Waals surface area contributed by atoms with E-state index in [1.807, 2.05) is 61.5 Å². The molecule has 2 amide bonds. The average Bonchev–Trinajstić information content (AvgIpc) is 2.73. The summed E-state index contributed by atoms with van der Waals surface area (Å²) in [6.07, 6.45) is 0. The Morgan fingerprint density at radius 1 is 0.929 bits per heavy atom. The fraction of sp³-hybridized carbons (Fsp3) is 0.130. The van der Waals surface area contributed by atoms with Crippen molar-refractivity contribution in [2.75, 3.05) is 23.9 Å². The van der Waals surface area contributed by atoms with Gasteiger partial charge in [0.2, 0.25) is 0 Å². The van der Waals surface area contributed by atoms with E-state index in [9.17, 15) is 9.59 Å². The molecular weight excluding hydrogens is 352 g/mol. The monoisotopic (exact) mass is 374 g/mol. The van der Waals surface area contributed by atoms with Crippen LogP contribution in [-0.4, -0.2) is 25.5 Å². The number of hydrogen-bond acceptors (Lipinski definition) is 3. The van der Waals surface area contributed by atoms with E-state index in [0.717, 1.165) is 11.3 Å². The molecule has 0 aliphatic carbocycles. The van der Waals surface area contributed by atoms with Crippen LogP contribution in [-0.2, 0) is 4.79 Å². The van der Waals surface area contributed by atoms with Gasteiger partial charge in [-0.25, -0.2) is 0 Å². The predicted octanol–water partition coefficient (Wildman–Crippen LogP) is 4.29. The van der Waals surface area contributed by atoms with E-state index < -0.39 is 0 Å². The van der Waals surface area contributed by atoms with Crippen LogP contribution in [0.25, 0.3) is 0 Å². The van der Waals surface area contributed by atoms with Crippen LogP contribution >= 0.6 is 0 Å². The second-order valence-electron chi connectivity index (χ2n) is 6.38. The molecule has 0 aliphatic rings. The van der Waals surface area contributed by atoms with E-state index in [1.54, 1.807) is 36.2 Å². The van der Waals surface area contributed by atoms with E-state index >= 15 is 0 Å². The van der Waals surface area contributed by atoms with E-state index in [-0.39, 0.29) is 18.4 Å². The van der Waals surface area contributed by atoms with Gasteiger partial charge < -0.3 is 15.0 Å². The summed E-state index contributed by atoms with van der Waals surface area (Å²) in [6, 6.07) is 23.8. The number of amides is 2. The Morgan fingerprint density at radius 3 is 2.39 bits per heavy atom. The highest BCUT2D eigenvalue weighted by molar-refractivity contribution is 6.06. The fourth-order valence-electron chi connectivity index (χ4n) is 2.75. The lowest BCUT2D eigenvalue weighted by Gasteiger charge is -2.17. The van der Waals surface area contributed by atoms with Crippen LogP contribution in [0.1, 0.15) is 15.9 Å². The first-order chi connectivity index (χ1) is 13.5. The SMILES string of the molecule is Cc1ccccc1OCC(=O)Nc1cccc(C(=O)N(C)c2ccccc2)c1. The van der Waals surface area contributed by atoms with Gasteiger partial charge in [0.25, 0.3) is 11.8 Å². The first kappa shape index (κ1) is 19.2. The fourth-order valence-corrected chi connectivity index (χ4v) is 2.75. The number of rotatable bonds is 6. The molecule has 0 radical (unpaired) electrons. The molecule has 0 unspecified atom stereocenters. The molecule has 3 aromatic carbocycles. The maximum absolute atomic E-state index is 12.7. The van der Waals surface area contributed by atoms with E-state index in [4.69, 9.17) is 4.74 Å². The molecule has 5 heteroatoms. The van der Waals surface area contributed by atoms with Crippen molar-refractivity contribution in [1.29, 1.82) is 0 Å². The Bertz CT molecular complexity index is 970. The highest BCUT2D eigenvalue weighted by atomic mass is 16.5. The predicted molar refractivity (Wildman–Crippen MR) is 111 cm³/mol. The topological polar surface area (TPSA) is 58.6 Å². The summed E-state index contributed by atoms with van der Waals surface area (Å²) in [4.78, 5) is 26.5. The molecule has 3 rings (SSSR count). The molecular formula is C23H22N2O3. The molecule has 0 saturated carbocycles. The van der Waals surface area contributed by atoms with Crippen molar-refractivity contribution < 1.29 is 14.3 Å². The van der Waals surface area contributed by atoms with Crippen molar-refractivity contribution >= 4 is 23.2 Å². The average molecular weight is 374 g/mol. The lowest BCUT2D eigenvalue weighted by atomic mass is 10.1. The van der Waals surface area contributed by atoms with Crippen molar-refractivity contribution in [3.63, 3.8) is 0 Å². The van der Waals surface area contributed by atoms with E-state index in [0.29, 0.717) is 17.0 Å². The minimum atomic E-state index is -0.288. The van der Waals surface area contributed by atoms with Gasteiger partial charge in [-0.15, -0.1) is 0 Å². The first-order valence-electron chi connectivity index (χ1n) is 8.96. The third kappa shape index (κ3) is 4.76. The van der Waals surface area contributed by atoms with Crippen LogP contribution in [0, 0.1) is 6.92 Å². The summed E-state index contributed by atoms with van der Waals surface area (Å²) in [6.45, 7) is 1.82. The number of nitrogens with one attached hydrogen (secondary N) is 1. The van der Waals surface area contributed by atoms with Crippen LogP contribution in [0.2, 0.25) is 0 Å². The van der Waals surface area contributed by atoms with Crippen LogP contribution in [0.5, 0.6) is 5.75 Å². The third-order valence-corrected chi connectivity index (χ3v) is 4.29. The summed E-state index contributed by atoms with van der Waals surface area (Å²) in [5.41, 5.74) is 2.80. The largest absolute Gasteiger partial charge is 0.483 e. The summed E-state index contributed by atoms with van der Waals surface area (Å²) < 4.78 is 5.56. The maximum atomic E-state index is 12.7. The number of ether oxygens (including phenoxy) is 1. The molecule has 0 saturated heterocycles. The maximum Gasteiger partial charge on any atom is 0.262 e. The van der Waals surface area contributed by atoms with Gasteiger partial charge in [-0.05, 0) is 48.9 Å². The molecule has 28 heavy (non-hydrogen) atoms. The quantitative estimate of drug-likeness (QED) is 0.700. The molecule has 0 atom stereocenters. The summed E-state index contributed by atoms with van der Waals surface area (Å²) in [5, 5.41) is 2.77. The van der Waals surface area contributed by atoms with Gasteiger partial charge in [0.15, 0.2) is 6.61 Å². The Kier molecular flexibility index (Phi) is 6.07. The minimum Gasteiger partial charge on any atom is -0.483 e. The molecule has 142 valence electrons. The van der Waals surface area contributed by atoms with Crippen molar-refractivity contribution in [2.24, 2.45) is 0 Å². The zero-order chi connectivity index (χ0) is 19.9. The van der Waals surface area contributed by atoms with Crippen molar-refractivity contribution in [2.45, 2.75) is 6.92 Å². The lowest BCUT2D eigenvalue weighted by molar-refractivity contribution is -0.118. The van der Waals surface area contributed by atoms with Crippen LogP contribution in [0.15, 0.2) is 78.9 Å². The van der Waals surface area contributed by atoms with Gasteiger partial charge in [0, 0.05) is 24.0 Å². The van der Waals surface area contributed by atoms with Crippen molar-refractivity contribution in [1.82, 2.24) is 0 Å². The summed E-state index contributed by atoms with van der Waals surface area (Å²) >= 11 is 0. The number of nitrogens with zero attached hydrogens (tertiary/aromatic N) is 1. The number of aryl methyl sites for hydroxylation is 1. The molecule has 0 fully saturated rings. The standard InChI is InChI=1S/C23H22N2O3/c1-17-9-6-7-14-21(17)28-16-22(26)24-19-11-8-10-18(15-19)23(27)25(2)20-12-4-3-5-13-20/h3-15H,16H2,1-2H3,(H,24,26). The Hall–Kier alpha value is -3.60. The Morgan fingerprint density at radius 2 is 1.64 bits per heavy atom. The van der Waals surface area contributed by atoms with Gasteiger partial charge in [-0.2, -0.15) is 0 Å². The summed E-state index contributed by atoms with van der Waals surface area (Å²) in [5.74, 6) is 0.230. The first-order valence-corrected chi connectivity index (χ1v) is 8.96. The highest BCUT2D eigenvalue weighted by Crippen LogP contribution is 2.18. The Labute approximate surface area is 164 Å². The molecule has 5 nitrogen and oxygen atoms in total. The van der Waals surface area contributed by atoms with Crippen molar-refractivity contribution in [3.8, 4) is 5.75 Å². The molecule has 0 aromatic heterocycles. The molecule has 0 spiro atoms. The van der Waals surface area contributed by atoms with E-state index in [1.165, 1.54) is 0 Å². The zero-order valence-electron chi connectivity index (χ0n) is 15.9. The number of benzene rings is 3. The van der Waals surface area contributed by atoms with Crippen LogP contribution in [0.3, 0.4) is 0 Å². The molecule has 0 heterocycles. The minimum absolute atomic E-state index is 0.104. The van der Waals surface area contributed by atoms with Crippen LogP contribution < -0.4 is 15.0 Å². The van der Waals surface area contributed by atoms with Crippen molar-refractivity contribution in [3.05, 3.63) is 90.0 Å². The normalized spacial score (nSPS) is 10.2. The van der Waals surface area contributed by atoms with Gasteiger partial charge >= 0.3 is 0 Å². The van der Waals surface area contributed by atoms with E-state index in [2.05, 4.69) is 5.32 Å². The zero-order valence-corrected chi connectivity index (χ0v) is 15.9. The lowest BCUT2D eigenvalue weighted by Crippen LogP contribution is -2.26. The number of carbonyl (C=O) groups is 2. The third-order valence-electron chi connectivity index (χ3n) is 4.29. The van der Waals surface area contributed by atoms with Gasteiger partial charge in [-0.3, -0.25) is 9.59 Å². The molecule has 1 N–H and O–H groups in total. The second kappa shape index (κ2) is 8.86. The van der Waals surface area contributed by atoms with Gasteiger partial charge in [0.05, 0.1) is 0 Å². The van der Waals surface area contributed by atoms with Gasteiger partial charge in [-0.1, -0.05) is 42.5 Å². The highest BCUT2D eigenvalue weighted by Gasteiger charge is 2.14. The smallest absolute Gasteiger partial charge is 0.262 e. The number of carbonyl (C=O) groups excluding carboxylic acids is 2. The summed E-state index contributed by atoms with van der Waals surface area (Å²) in [7, 11) is 1.72. The number of hydrogen-bond donors (Lipinski definition) is 1. The molecule has 0 aliphatic heterocycles. The molecule has 0 bridgehead atoms. The molecule has 3 aromatic rings. The van der Waals surface area contributed by atoms with Crippen LogP contribution in [0.4, 0.5) is 11.4 Å². The van der Waals surface area contributed by atoms with Gasteiger partial charge in [0.1, 0.15) is 5.75 Å². The second-order valence-corrected chi connectivity index (χ2v) is 6.38. The Balaban J connectivity index is 1.63. The number of para-hydroxylation sites is 2.